The number of benzene rings is 2. The van der Waals surface area contributed by atoms with Gasteiger partial charge in [-0.3, -0.25) is 4.79 Å². The molecule has 0 saturated carbocycles. The van der Waals surface area contributed by atoms with Crippen LogP contribution in [0.1, 0.15) is 34.7 Å². The number of nitrogens with zero attached hydrogens (tertiary/aromatic N) is 1. The fourth-order valence-corrected chi connectivity index (χ4v) is 5.09. The van der Waals surface area contributed by atoms with Crippen molar-refractivity contribution in [3.05, 3.63) is 59.7 Å². The quantitative estimate of drug-likeness (QED) is 0.856. The summed E-state index contributed by atoms with van der Waals surface area (Å²) in [5.74, 6) is 0.776. The van der Waals surface area contributed by atoms with Crippen LogP contribution < -0.4 is 10.1 Å². The van der Waals surface area contributed by atoms with Crippen LogP contribution in [0.5, 0.6) is 5.75 Å². The highest BCUT2D eigenvalue weighted by Gasteiger charge is 2.27. The average molecular weight is 386 g/mol. The number of nitrogens with one attached hydrogen (secondary N) is 1. The van der Waals surface area contributed by atoms with E-state index < -0.39 is 10.0 Å². The fraction of sp³-hybridized carbons (Fsp3) is 0.350. The Balaban J connectivity index is 1.40. The molecule has 2 aliphatic heterocycles. The Hall–Kier alpha value is -2.38. The minimum atomic E-state index is -3.45. The lowest BCUT2D eigenvalue weighted by Crippen LogP contribution is -2.29. The molecule has 2 heterocycles. The molecule has 142 valence electrons. The third-order valence-corrected chi connectivity index (χ3v) is 7.04. The molecule has 1 atom stereocenters. The molecule has 0 spiro atoms. The van der Waals surface area contributed by atoms with Gasteiger partial charge in [-0.1, -0.05) is 18.2 Å². The molecule has 1 N–H and O–H groups in total. The molecule has 1 fully saturated rings. The second kappa shape index (κ2) is 7.32. The number of amides is 1. The average Bonchev–Trinajstić information content (AvgIpc) is 3.37. The van der Waals surface area contributed by atoms with Crippen LogP contribution in [0.4, 0.5) is 0 Å². The van der Waals surface area contributed by atoms with E-state index in [4.69, 9.17) is 4.74 Å². The Labute approximate surface area is 159 Å². The maximum atomic E-state index is 12.5. The zero-order valence-corrected chi connectivity index (χ0v) is 15.7. The van der Waals surface area contributed by atoms with Crippen molar-refractivity contribution in [2.75, 3.05) is 26.2 Å². The maximum absolute atomic E-state index is 12.5. The third-order valence-electron chi connectivity index (χ3n) is 5.13. The number of hydrogen-bond donors (Lipinski definition) is 1. The molecule has 2 aliphatic rings. The second-order valence-electron chi connectivity index (χ2n) is 6.89. The second-order valence-corrected chi connectivity index (χ2v) is 8.83. The van der Waals surface area contributed by atoms with E-state index in [1.54, 1.807) is 12.1 Å². The van der Waals surface area contributed by atoms with Gasteiger partial charge in [0.2, 0.25) is 10.0 Å². The summed E-state index contributed by atoms with van der Waals surface area (Å²) in [5.41, 5.74) is 1.55. The van der Waals surface area contributed by atoms with Gasteiger partial charge in [-0.15, -0.1) is 0 Å². The normalized spacial score (nSPS) is 19.5. The molecule has 0 bridgehead atoms. The van der Waals surface area contributed by atoms with Crippen molar-refractivity contribution < 1.29 is 17.9 Å². The number of carbonyl (C=O) groups excluding carboxylic acids is 1. The van der Waals surface area contributed by atoms with Crippen molar-refractivity contribution in [2.45, 2.75) is 23.7 Å². The van der Waals surface area contributed by atoms with E-state index in [-0.39, 0.29) is 16.7 Å². The van der Waals surface area contributed by atoms with Crippen LogP contribution in [0.3, 0.4) is 0 Å². The number of ether oxygens (including phenoxy) is 1. The third kappa shape index (κ3) is 3.57. The Bertz CT molecular complexity index is 935. The molecule has 0 unspecified atom stereocenters. The predicted molar refractivity (Wildman–Crippen MR) is 101 cm³/mol. The molecular formula is C20H22N2O4S. The minimum absolute atomic E-state index is 0.125. The van der Waals surface area contributed by atoms with Gasteiger partial charge < -0.3 is 10.1 Å². The highest BCUT2D eigenvalue weighted by Crippen LogP contribution is 2.32. The number of fused-ring (bicyclic) bond motifs is 1. The highest BCUT2D eigenvalue weighted by atomic mass is 32.2. The Morgan fingerprint density at radius 2 is 1.78 bits per heavy atom. The first-order valence-electron chi connectivity index (χ1n) is 9.16. The van der Waals surface area contributed by atoms with Gasteiger partial charge in [-0.2, -0.15) is 4.31 Å². The zero-order valence-electron chi connectivity index (χ0n) is 14.9. The van der Waals surface area contributed by atoms with E-state index in [1.165, 1.54) is 16.4 Å². The van der Waals surface area contributed by atoms with Crippen molar-refractivity contribution >= 4 is 15.9 Å². The van der Waals surface area contributed by atoms with Crippen LogP contribution >= 0.6 is 0 Å². The van der Waals surface area contributed by atoms with Gasteiger partial charge >= 0.3 is 0 Å². The molecule has 0 radical (unpaired) electrons. The van der Waals surface area contributed by atoms with Gasteiger partial charge in [0.05, 0.1) is 11.5 Å². The summed E-state index contributed by atoms with van der Waals surface area (Å²) in [6.45, 7) is 2.15. The highest BCUT2D eigenvalue weighted by molar-refractivity contribution is 7.89. The molecule has 1 saturated heterocycles. The SMILES string of the molecule is O=C(NC[C@@H]1COc2ccccc21)c1ccc(S(=O)(=O)N2CCCC2)cc1. The minimum Gasteiger partial charge on any atom is -0.493 e. The number of sulfonamides is 1. The van der Waals surface area contributed by atoms with E-state index in [2.05, 4.69) is 5.32 Å². The first-order chi connectivity index (χ1) is 13.1. The summed E-state index contributed by atoms with van der Waals surface area (Å²) in [6, 6.07) is 14.0. The number of rotatable bonds is 5. The monoisotopic (exact) mass is 386 g/mol. The fourth-order valence-electron chi connectivity index (χ4n) is 3.57. The van der Waals surface area contributed by atoms with Gasteiger partial charge in [-0.05, 0) is 43.2 Å². The van der Waals surface area contributed by atoms with Crippen LogP contribution in [0, 0.1) is 0 Å². The molecule has 0 aliphatic carbocycles. The lowest BCUT2D eigenvalue weighted by molar-refractivity contribution is 0.0950. The van der Waals surface area contributed by atoms with Crippen molar-refractivity contribution in [1.29, 1.82) is 0 Å². The smallest absolute Gasteiger partial charge is 0.251 e. The predicted octanol–water partition coefficient (Wildman–Crippen LogP) is 2.38. The van der Waals surface area contributed by atoms with Crippen LogP contribution in [-0.4, -0.2) is 44.9 Å². The number of hydrogen-bond acceptors (Lipinski definition) is 4. The molecule has 4 rings (SSSR count). The van der Waals surface area contributed by atoms with Crippen molar-refractivity contribution in [1.82, 2.24) is 9.62 Å². The van der Waals surface area contributed by atoms with E-state index in [0.29, 0.717) is 31.8 Å². The molecule has 0 aromatic heterocycles. The first-order valence-corrected chi connectivity index (χ1v) is 10.6. The van der Waals surface area contributed by atoms with Crippen LogP contribution in [-0.2, 0) is 10.0 Å². The Morgan fingerprint density at radius 1 is 1.07 bits per heavy atom. The molecule has 2 aromatic rings. The Kier molecular flexibility index (Phi) is 4.88. The van der Waals surface area contributed by atoms with Gasteiger partial charge in [0.25, 0.3) is 5.91 Å². The lowest BCUT2D eigenvalue weighted by Gasteiger charge is -2.15. The molecular weight excluding hydrogens is 364 g/mol. The lowest BCUT2D eigenvalue weighted by atomic mass is 10.0. The topological polar surface area (TPSA) is 75.7 Å². The summed E-state index contributed by atoms with van der Waals surface area (Å²) in [5, 5.41) is 2.92. The maximum Gasteiger partial charge on any atom is 0.251 e. The van der Waals surface area contributed by atoms with Gasteiger partial charge in [0.15, 0.2) is 0 Å². The summed E-state index contributed by atoms with van der Waals surface area (Å²) in [7, 11) is -3.45. The van der Waals surface area contributed by atoms with Crippen LogP contribution in [0.25, 0.3) is 0 Å². The molecule has 1 amide bonds. The summed E-state index contributed by atoms with van der Waals surface area (Å²) < 4.78 is 32.2. The van der Waals surface area contributed by atoms with E-state index in [1.807, 2.05) is 24.3 Å². The molecule has 6 nitrogen and oxygen atoms in total. The largest absolute Gasteiger partial charge is 0.493 e. The van der Waals surface area contributed by atoms with Crippen LogP contribution in [0.2, 0.25) is 0 Å². The van der Waals surface area contributed by atoms with Gasteiger partial charge in [0, 0.05) is 36.7 Å². The Morgan fingerprint density at radius 3 is 2.52 bits per heavy atom. The zero-order chi connectivity index (χ0) is 18.9. The summed E-state index contributed by atoms with van der Waals surface area (Å²) >= 11 is 0. The van der Waals surface area contributed by atoms with E-state index >= 15 is 0 Å². The van der Waals surface area contributed by atoms with Gasteiger partial charge in [-0.25, -0.2) is 8.42 Å². The molecule has 27 heavy (non-hydrogen) atoms. The number of carbonyl (C=O) groups is 1. The van der Waals surface area contributed by atoms with Crippen molar-refractivity contribution in [3.63, 3.8) is 0 Å². The van der Waals surface area contributed by atoms with E-state index in [9.17, 15) is 13.2 Å². The van der Waals surface area contributed by atoms with Crippen molar-refractivity contribution in [2.24, 2.45) is 0 Å². The first kappa shape index (κ1) is 18.0. The molecule has 2 aromatic carbocycles. The van der Waals surface area contributed by atoms with Crippen LogP contribution in [0.15, 0.2) is 53.4 Å². The van der Waals surface area contributed by atoms with E-state index in [0.717, 1.165) is 24.2 Å². The summed E-state index contributed by atoms with van der Waals surface area (Å²) in [4.78, 5) is 12.7. The summed E-state index contributed by atoms with van der Waals surface area (Å²) in [6.07, 6.45) is 1.79. The number of para-hydroxylation sites is 1. The van der Waals surface area contributed by atoms with Crippen molar-refractivity contribution in [3.8, 4) is 5.75 Å². The standard InChI is InChI=1S/C20H22N2O4S/c23-20(21-13-16-14-26-19-6-2-1-5-18(16)19)15-7-9-17(10-8-15)27(24,25)22-11-3-4-12-22/h1-2,5-10,16H,3-4,11-14H2,(H,21,23)/t16-/m1/s1. The van der Waals surface area contributed by atoms with Gasteiger partial charge in [0.1, 0.15) is 5.75 Å². The molecule has 7 heteroatoms.